The Kier molecular flexibility index (Phi) is 1.18. The molecule has 0 bridgehead atoms. The minimum atomic E-state index is -0.746. The molecule has 0 unspecified atom stereocenters. The molecular formula is C6H9NO3. The summed E-state index contributed by atoms with van der Waals surface area (Å²) >= 11 is 0. The summed E-state index contributed by atoms with van der Waals surface area (Å²) in [4.78, 5) is 10.4. The number of ether oxygens (including phenoxy) is 1. The second-order valence-electron chi connectivity index (χ2n) is 2.68. The number of morpholine rings is 1. The fourth-order valence-corrected chi connectivity index (χ4v) is 1.45. The lowest BCUT2D eigenvalue weighted by Crippen LogP contribution is -2.30. The van der Waals surface area contributed by atoms with Crippen LogP contribution in [-0.2, 0) is 9.53 Å². The highest BCUT2D eigenvalue weighted by molar-refractivity contribution is 5.76. The quantitative estimate of drug-likeness (QED) is 0.497. The number of hydrogen-bond acceptors (Lipinski definition) is 3. The van der Waals surface area contributed by atoms with Gasteiger partial charge in [0.05, 0.1) is 18.8 Å². The van der Waals surface area contributed by atoms with E-state index >= 15 is 0 Å². The maximum atomic E-state index is 10.4. The lowest BCUT2D eigenvalue weighted by atomic mass is 10.4. The van der Waals surface area contributed by atoms with Gasteiger partial charge < -0.3 is 15.2 Å². The minimum absolute atomic E-state index is 0.0498. The molecule has 3 atom stereocenters. The molecule has 1 saturated carbocycles. The number of fused-ring (bicyclic) bond motifs is 1. The zero-order valence-electron chi connectivity index (χ0n) is 5.41. The Balaban J connectivity index is 1.99. The normalized spacial score (nSPS) is 44.2. The second kappa shape index (κ2) is 1.93. The Morgan fingerprint density at radius 3 is 3.00 bits per heavy atom. The maximum absolute atomic E-state index is 10.4. The number of carbonyl (C=O) groups is 1. The van der Waals surface area contributed by atoms with Gasteiger partial charge in [0, 0.05) is 6.54 Å². The van der Waals surface area contributed by atoms with Crippen LogP contribution in [0.25, 0.3) is 0 Å². The van der Waals surface area contributed by atoms with Gasteiger partial charge in [-0.05, 0) is 0 Å². The third-order valence-corrected chi connectivity index (χ3v) is 2.03. The third-order valence-electron chi connectivity index (χ3n) is 2.03. The van der Waals surface area contributed by atoms with Crippen molar-refractivity contribution in [3.8, 4) is 0 Å². The molecule has 0 spiro atoms. The molecule has 0 amide bonds. The number of aliphatic carboxylic acids is 1. The van der Waals surface area contributed by atoms with Crippen molar-refractivity contribution in [1.82, 2.24) is 5.32 Å². The van der Waals surface area contributed by atoms with Gasteiger partial charge in [-0.15, -0.1) is 0 Å². The first-order valence-electron chi connectivity index (χ1n) is 3.38. The molecule has 2 N–H and O–H groups in total. The molecule has 4 heteroatoms. The summed E-state index contributed by atoms with van der Waals surface area (Å²) in [5.74, 6) is -1.04. The average molecular weight is 143 g/mol. The summed E-state index contributed by atoms with van der Waals surface area (Å²) in [6, 6.07) is 0.0891. The van der Waals surface area contributed by atoms with E-state index in [0.29, 0.717) is 6.61 Å². The van der Waals surface area contributed by atoms with Crippen LogP contribution in [0.15, 0.2) is 0 Å². The SMILES string of the molecule is O=C(O)[C@@H]1[C@H]2NCCO[C@H]21. The second-order valence-corrected chi connectivity index (χ2v) is 2.68. The van der Waals surface area contributed by atoms with Crippen molar-refractivity contribution in [3.05, 3.63) is 0 Å². The summed E-state index contributed by atoms with van der Waals surface area (Å²) in [6.45, 7) is 1.43. The molecule has 2 rings (SSSR count). The van der Waals surface area contributed by atoms with Gasteiger partial charge in [0.15, 0.2) is 0 Å². The molecule has 0 aromatic carbocycles. The van der Waals surface area contributed by atoms with Crippen molar-refractivity contribution >= 4 is 5.97 Å². The molecule has 1 heterocycles. The zero-order valence-corrected chi connectivity index (χ0v) is 5.41. The zero-order chi connectivity index (χ0) is 7.14. The molecular weight excluding hydrogens is 134 g/mol. The molecule has 0 aromatic heterocycles. The molecule has 2 aliphatic rings. The fourth-order valence-electron chi connectivity index (χ4n) is 1.45. The monoisotopic (exact) mass is 143 g/mol. The summed E-state index contributed by atoms with van der Waals surface area (Å²) in [7, 11) is 0. The predicted octanol–water partition coefficient (Wildman–Crippen LogP) is -0.942. The predicted molar refractivity (Wildman–Crippen MR) is 32.7 cm³/mol. The summed E-state index contributed by atoms with van der Waals surface area (Å²) < 4.78 is 5.18. The summed E-state index contributed by atoms with van der Waals surface area (Å²) in [5, 5.41) is 11.6. The Morgan fingerprint density at radius 2 is 2.50 bits per heavy atom. The number of carboxylic acid groups (broad SMARTS) is 1. The van der Waals surface area contributed by atoms with E-state index in [2.05, 4.69) is 5.32 Å². The highest BCUT2D eigenvalue weighted by Gasteiger charge is 2.57. The van der Waals surface area contributed by atoms with Gasteiger partial charge in [-0.3, -0.25) is 4.79 Å². The Morgan fingerprint density at radius 1 is 1.70 bits per heavy atom. The highest BCUT2D eigenvalue weighted by atomic mass is 16.5. The van der Waals surface area contributed by atoms with E-state index in [1.807, 2.05) is 0 Å². The summed E-state index contributed by atoms with van der Waals surface area (Å²) in [6.07, 6.45) is -0.0498. The van der Waals surface area contributed by atoms with Gasteiger partial charge in [0.1, 0.15) is 5.92 Å². The molecule has 1 saturated heterocycles. The molecule has 10 heavy (non-hydrogen) atoms. The van der Waals surface area contributed by atoms with Crippen LogP contribution in [0.1, 0.15) is 0 Å². The molecule has 4 nitrogen and oxygen atoms in total. The topological polar surface area (TPSA) is 58.6 Å². The van der Waals surface area contributed by atoms with Gasteiger partial charge in [-0.1, -0.05) is 0 Å². The minimum Gasteiger partial charge on any atom is -0.481 e. The van der Waals surface area contributed by atoms with Crippen LogP contribution in [0.3, 0.4) is 0 Å². The standard InChI is InChI=1S/C6H9NO3/c8-6(9)3-4-5(3)10-2-1-7-4/h3-5,7H,1-2H2,(H,8,9)/t3-,4-,5+/m1/s1. The maximum Gasteiger partial charge on any atom is 0.310 e. The third kappa shape index (κ3) is 0.726. The van der Waals surface area contributed by atoms with Crippen molar-refractivity contribution in [2.24, 2.45) is 5.92 Å². The van der Waals surface area contributed by atoms with Gasteiger partial charge in [-0.2, -0.15) is 0 Å². The van der Waals surface area contributed by atoms with E-state index in [4.69, 9.17) is 9.84 Å². The first-order chi connectivity index (χ1) is 4.80. The van der Waals surface area contributed by atoms with E-state index in [0.717, 1.165) is 6.54 Å². The lowest BCUT2D eigenvalue weighted by Gasteiger charge is -2.09. The summed E-state index contributed by atoms with van der Waals surface area (Å²) in [5.41, 5.74) is 0. The van der Waals surface area contributed by atoms with Crippen molar-refractivity contribution < 1.29 is 14.6 Å². The van der Waals surface area contributed by atoms with Crippen LogP contribution >= 0.6 is 0 Å². The van der Waals surface area contributed by atoms with Gasteiger partial charge in [0.2, 0.25) is 0 Å². The van der Waals surface area contributed by atoms with Gasteiger partial charge >= 0.3 is 5.97 Å². The average Bonchev–Trinajstić information content (AvgIpc) is 2.60. The van der Waals surface area contributed by atoms with Crippen molar-refractivity contribution in [3.63, 3.8) is 0 Å². The van der Waals surface area contributed by atoms with Crippen molar-refractivity contribution in [1.29, 1.82) is 0 Å². The van der Waals surface area contributed by atoms with Gasteiger partial charge in [-0.25, -0.2) is 0 Å². The molecule has 2 fully saturated rings. The van der Waals surface area contributed by atoms with Crippen LogP contribution in [0, 0.1) is 5.92 Å². The Bertz CT molecular complexity index is 158. The van der Waals surface area contributed by atoms with Crippen LogP contribution < -0.4 is 5.32 Å². The Hall–Kier alpha value is -0.610. The first kappa shape index (κ1) is 6.12. The molecule has 56 valence electrons. The number of nitrogens with one attached hydrogen (secondary N) is 1. The van der Waals surface area contributed by atoms with Crippen LogP contribution in [-0.4, -0.2) is 36.4 Å². The van der Waals surface area contributed by atoms with E-state index < -0.39 is 5.97 Å². The number of rotatable bonds is 1. The largest absolute Gasteiger partial charge is 0.481 e. The number of hydrogen-bond donors (Lipinski definition) is 2. The molecule has 1 aliphatic heterocycles. The fraction of sp³-hybridized carbons (Fsp3) is 0.833. The van der Waals surface area contributed by atoms with Crippen molar-refractivity contribution in [2.45, 2.75) is 12.1 Å². The lowest BCUT2D eigenvalue weighted by molar-refractivity contribution is -0.139. The molecule has 0 aromatic rings. The number of carboxylic acids is 1. The highest BCUT2D eigenvalue weighted by Crippen LogP contribution is 2.36. The van der Waals surface area contributed by atoms with Crippen LogP contribution in [0.5, 0.6) is 0 Å². The first-order valence-corrected chi connectivity index (χ1v) is 3.38. The smallest absolute Gasteiger partial charge is 0.310 e. The van der Waals surface area contributed by atoms with Crippen molar-refractivity contribution in [2.75, 3.05) is 13.2 Å². The van der Waals surface area contributed by atoms with Crippen LogP contribution in [0.4, 0.5) is 0 Å². The molecule has 0 radical (unpaired) electrons. The molecule has 1 aliphatic carbocycles. The van der Waals surface area contributed by atoms with E-state index in [1.165, 1.54) is 0 Å². The Labute approximate surface area is 58.2 Å². The van der Waals surface area contributed by atoms with E-state index in [-0.39, 0.29) is 18.1 Å². The van der Waals surface area contributed by atoms with E-state index in [1.54, 1.807) is 0 Å². The van der Waals surface area contributed by atoms with Gasteiger partial charge in [0.25, 0.3) is 0 Å². The van der Waals surface area contributed by atoms with E-state index in [9.17, 15) is 4.79 Å². The van der Waals surface area contributed by atoms with Crippen LogP contribution in [0.2, 0.25) is 0 Å².